The molecule has 2 aromatic carbocycles. The Morgan fingerprint density at radius 2 is 2.00 bits per heavy atom. The van der Waals surface area contributed by atoms with Crippen LogP contribution in [0.1, 0.15) is 36.9 Å². The van der Waals surface area contributed by atoms with E-state index in [1.807, 2.05) is 54.2 Å². The van der Waals surface area contributed by atoms with Crippen molar-refractivity contribution in [1.29, 1.82) is 0 Å². The van der Waals surface area contributed by atoms with Crippen molar-refractivity contribution in [3.63, 3.8) is 0 Å². The first-order valence-electron chi connectivity index (χ1n) is 12.7. The molecule has 39 heavy (non-hydrogen) atoms. The van der Waals surface area contributed by atoms with Gasteiger partial charge in [0.1, 0.15) is 17.7 Å². The lowest BCUT2D eigenvalue weighted by molar-refractivity contribution is 0.117. The Morgan fingerprint density at radius 1 is 1.13 bits per heavy atom. The second kappa shape index (κ2) is 10.3. The molecule has 0 spiro atoms. The first kappa shape index (κ1) is 24.2. The zero-order valence-electron chi connectivity index (χ0n) is 21.5. The molecule has 4 heterocycles. The van der Waals surface area contributed by atoms with Gasteiger partial charge in [0.05, 0.1) is 30.1 Å². The first-order valence-corrected chi connectivity index (χ1v) is 12.7. The lowest BCUT2D eigenvalue weighted by Gasteiger charge is -2.12. The van der Waals surface area contributed by atoms with E-state index in [9.17, 15) is 4.79 Å². The molecule has 4 aromatic heterocycles. The predicted molar refractivity (Wildman–Crippen MR) is 148 cm³/mol. The van der Waals surface area contributed by atoms with E-state index in [0.717, 1.165) is 27.7 Å². The number of aromatic nitrogens is 7. The molecule has 6 rings (SSSR count). The Kier molecular flexibility index (Phi) is 6.37. The number of nitrogens with one attached hydrogen (secondary N) is 3. The van der Waals surface area contributed by atoms with Gasteiger partial charge in [0.15, 0.2) is 11.9 Å². The van der Waals surface area contributed by atoms with Gasteiger partial charge in [0, 0.05) is 29.0 Å². The van der Waals surface area contributed by atoms with Gasteiger partial charge >= 0.3 is 6.09 Å². The summed E-state index contributed by atoms with van der Waals surface area (Å²) in [6, 6.07) is 16.4. The smallest absolute Gasteiger partial charge is 0.412 e. The molecule has 1 amide bonds. The molecule has 1 unspecified atom stereocenters. The van der Waals surface area contributed by atoms with E-state index < -0.39 is 12.2 Å². The van der Waals surface area contributed by atoms with Gasteiger partial charge in [0.2, 0.25) is 0 Å². The van der Waals surface area contributed by atoms with Crippen LogP contribution in [0.4, 0.5) is 22.0 Å². The molecule has 1 atom stereocenters. The number of aryl methyl sites for hydroxylation is 1. The average Bonchev–Trinajstić information content (AvgIpc) is 3.69. The quantitative estimate of drug-likeness (QED) is 0.242. The number of carbonyl (C=O) groups excluding carboxylic acids is 1. The maximum atomic E-state index is 12.6. The van der Waals surface area contributed by atoms with Gasteiger partial charge in [-0.25, -0.2) is 19.3 Å². The van der Waals surface area contributed by atoms with Crippen LogP contribution >= 0.6 is 0 Å². The lowest BCUT2D eigenvalue weighted by atomic mass is 10.2. The normalized spacial score (nSPS) is 12.1. The molecule has 0 saturated carbocycles. The van der Waals surface area contributed by atoms with Gasteiger partial charge in [-0.05, 0) is 37.1 Å². The van der Waals surface area contributed by atoms with Crippen LogP contribution in [0.2, 0.25) is 0 Å². The fourth-order valence-corrected chi connectivity index (χ4v) is 4.67. The largest absolute Gasteiger partial charge is 0.438 e. The van der Waals surface area contributed by atoms with Crippen LogP contribution < -0.4 is 10.6 Å². The van der Waals surface area contributed by atoms with E-state index in [2.05, 4.69) is 47.9 Å². The van der Waals surface area contributed by atoms with E-state index in [-0.39, 0.29) is 0 Å². The van der Waals surface area contributed by atoms with Crippen molar-refractivity contribution in [2.45, 2.75) is 32.9 Å². The molecule has 196 valence electrons. The number of fused-ring (bicyclic) bond motifs is 2. The number of ether oxygens (including phenoxy) is 1. The van der Waals surface area contributed by atoms with Gasteiger partial charge in [-0.15, -0.1) is 0 Å². The number of carbonyl (C=O) groups is 1. The van der Waals surface area contributed by atoms with Gasteiger partial charge in [-0.1, -0.05) is 37.3 Å². The molecule has 11 nitrogen and oxygen atoms in total. The lowest BCUT2D eigenvalue weighted by Crippen LogP contribution is -2.17. The van der Waals surface area contributed by atoms with Crippen LogP contribution in [-0.2, 0) is 17.7 Å². The molecule has 0 radical (unpaired) electrons. The Balaban J connectivity index is 1.24. The van der Waals surface area contributed by atoms with Gasteiger partial charge in [0.25, 0.3) is 0 Å². The van der Waals surface area contributed by atoms with Crippen LogP contribution in [0.5, 0.6) is 0 Å². The number of benzene rings is 2. The number of aromatic amines is 1. The molecule has 0 fully saturated rings. The Bertz CT molecular complexity index is 1740. The maximum absolute atomic E-state index is 12.6. The molecule has 0 aliphatic carbocycles. The second-order valence-electron chi connectivity index (χ2n) is 9.11. The van der Waals surface area contributed by atoms with Crippen LogP contribution in [0.15, 0.2) is 79.6 Å². The second-order valence-corrected chi connectivity index (χ2v) is 9.11. The number of hydrogen-bond donors (Lipinski definition) is 3. The molecule has 0 aliphatic heterocycles. The van der Waals surface area contributed by atoms with Crippen molar-refractivity contribution < 1.29 is 9.53 Å². The molecule has 11 heteroatoms. The van der Waals surface area contributed by atoms with Crippen molar-refractivity contribution >= 4 is 39.7 Å². The Labute approximate surface area is 223 Å². The Morgan fingerprint density at radius 3 is 2.79 bits per heavy atom. The van der Waals surface area contributed by atoms with Crippen LogP contribution in [0.25, 0.3) is 16.4 Å². The molecule has 6 aromatic rings. The number of hydrogen-bond acceptors (Lipinski definition) is 7. The van der Waals surface area contributed by atoms with Gasteiger partial charge < -0.3 is 15.0 Å². The standard InChI is InChI=1S/C28H27N9O2/c1-3-22-23(35-28(38)39-18(2)26-29-11-12-30-26)16-37-25(22)27(31-17-33-37)34-21-9-10-24-20(13-21)14-32-36(24)15-19-7-5-4-6-8-19/h4-14,16-18H,3,15H2,1-2H3,(H,29,30)(H,35,38)(H,31,33,34). The third kappa shape index (κ3) is 4.89. The van der Waals surface area contributed by atoms with Gasteiger partial charge in [-0.2, -0.15) is 10.2 Å². The minimum absolute atomic E-state index is 0.522. The third-order valence-electron chi connectivity index (χ3n) is 6.54. The zero-order chi connectivity index (χ0) is 26.8. The molecule has 0 saturated heterocycles. The number of rotatable bonds is 8. The SMILES string of the molecule is CCc1c(NC(=O)OC(C)c2ncc[nH]2)cn2ncnc(Nc3ccc4c(cnn4Cc4ccccc4)c3)c12. The summed E-state index contributed by atoms with van der Waals surface area (Å²) in [6.07, 6.45) is 7.95. The van der Waals surface area contributed by atoms with Crippen LogP contribution in [-0.4, -0.2) is 40.4 Å². The monoisotopic (exact) mass is 521 g/mol. The summed E-state index contributed by atoms with van der Waals surface area (Å²) in [5.41, 5.74) is 5.37. The van der Waals surface area contributed by atoms with Crippen molar-refractivity contribution in [2.24, 2.45) is 0 Å². The zero-order valence-corrected chi connectivity index (χ0v) is 21.5. The summed E-state index contributed by atoms with van der Waals surface area (Å²) >= 11 is 0. The average molecular weight is 522 g/mol. The van der Waals surface area contributed by atoms with E-state index in [4.69, 9.17) is 4.74 Å². The minimum Gasteiger partial charge on any atom is -0.438 e. The van der Waals surface area contributed by atoms with Crippen molar-refractivity contribution in [3.05, 3.63) is 96.6 Å². The summed E-state index contributed by atoms with van der Waals surface area (Å²) in [7, 11) is 0. The molecule has 0 aliphatic rings. The van der Waals surface area contributed by atoms with Gasteiger partial charge in [-0.3, -0.25) is 10.00 Å². The van der Waals surface area contributed by atoms with Crippen molar-refractivity contribution in [3.8, 4) is 0 Å². The topological polar surface area (TPSA) is 127 Å². The van der Waals surface area contributed by atoms with E-state index in [1.54, 1.807) is 30.0 Å². The number of anilines is 3. The fraction of sp³-hybridized carbons (Fsp3) is 0.179. The van der Waals surface area contributed by atoms with E-state index >= 15 is 0 Å². The number of H-pyrrole nitrogens is 1. The van der Waals surface area contributed by atoms with Crippen LogP contribution in [0.3, 0.4) is 0 Å². The number of imidazole rings is 1. The minimum atomic E-state index is -0.579. The number of nitrogens with zero attached hydrogens (tertiary/aromatic N) is 6. The number of amides is 1. The summed E-state index contributed by atoms with van der Waals surface area (Å²) in [5.74, 6) is 1.20. The highest BCUT2D eigenvalue weighted by Crippen LogP contribution is 2.31. The highest BCUT2D eigenvalue weighted by Gasteiger charge is 2.19. The maximum Gasteiger partial charge on any atom is 0.412 e. The van der Waals surface area contributed by atoms with Crippen LogP contribution in [0, 0.1) is 0 Å². The summed E-state index contributed by atoms with van der Waals surface area (Å²) < 4.78 is 9.18. The molecular formula is C28H27N9O2. The highest BCUT2D eigenvalue weighted by atomic mass is 16.6. The van der Waals surface area contributed by atoms with E-state index in [1.165, 1.54) is 11.9 Å². The fourth-order valence-electron chi connectivity index (χ4n) is 4.67. The molecule has 0 bridgehead atoms. The Hall–Kier alpha value is -5.19. The third-order valence-corrected chi connectivity index (χ3v) is 6.54. The van der Waals surface area contributed by atoms with E-state index in [0.29, 0.717) is 30.3 Å². The molecule has 3 N–H and O–H groups in total. The molecular weight excluding hydrogens is 494 g/mol. The summed E-state index contributed by atoms with van der Waals surface area (Å²) in [5, 5.41) is 16.2. The van der Waals surface area contributed by atoms with Crippen molar-refractivity contribution in [2.75, 3.05) is 10.6 Å². The summed E-state index contributed by atoms with van der Waals surface area (Å²) in [4.78, 5) is 24.2. The highest BCUT2D eigenvalue weighted by molar-refractivity contribution is 5.91. The first-order chi connectivity index (χ1) is 19.1. The summed E-state index contributed by atoms with van der Waals surface area (Å²) in [6.45, 7) is 4.47. The predicted octanol–water partition coefficient (Wildman–Crippen LogP) is 5.47. The van der Waals surface area contributed by atoms with Crippen molar-refractivity contribution in [1.82, 2.24) is 34.3 Å².